The van der Waals surface area contributed by atoms with E-state index in [1.807, 2.05) is 7.11 Å². The van der Waals surface area contributed by atoms with Crippen molar-refractivity contribution in [1.29, 1.82) is 0 Å². The van der Waals surface area contributed by atoms with E-state index in [1.165, 1.54) is 50.0 Å². The molecule has 3 aliphatic rings. The fourth-order valence-electron chi connectivity index (χ4n) is 3.65. The monoisotopic (exact) mass is 285 g/mol. The summed E-state index contributed by atoms with van der Waals surface area (Å²) in [6.07, 6.45) is 8.62. The Balaban J connectivity index is 1.50. The molecule has 1 atom stereocenters. The summed E-state index contributed by atoms with van der Waals surface area (Å²) in [6, 6.07) is 0.629. The van der Waals surface area contributed by atoms with Crippen molar-refractivity contribution in [3.8, 4) is 0 Å². The molecule has 1 N–H and O–H groups in total. The van der Waals surface area contributed by atoms with E-state index in [0.717, 1.165) is 19.6 Å². The van der Waals surface area contributed by atoms with Crippen molar-refractivity contribution in [2.45, 2.75) is 62.2 Å². The summed E-state index contributed by atoms with van der Waals surface area (Å²) < 4.78 is 11.9. The Morgan fingerprint density at radius 3 is 2.68 bits per heavy atom. The van der Waals surface area contributed by atoms with Gasteiger partial charge in [0.15, 0.2) is 0 Å². The molecule has 0 radical (unpaired) electrons. The van der Waals surface area contributed by atoms with E-state index in [1.54, 1.807) is 0 Å². The fraction of sp³-hybridized carbons (Fsp3) is 1.00. The first kappa shape index (κ1) is 14.2. The lowest BCUT2D eigenvalue weighted by Crippen LogP contribution is -2.54. The maximum absolute atomic E-state index is 6.15. The molecule has 0 aromatic heterocycles. The number of rotatable bonds is 4. The van der Waals surface area contributed by atoms with E-state index in [0.29, 0.717) is 6.04 Å². The van der Waals surface area contributed by atoms with Gasteiger partial charge in [-0.3, -0.25) is 0 Å². The molecule has 19 heavy (non-hydrogen) atoms. The van der Waals surface area contributed by atoms with E-state index in [9.17, 15) is 0 Å². The highest BCUT2D eigenvalue weighted by Gasteiger charge is 2.41. The van der Waals surface area contributed by atoms with Gasteiger partial charge in [-0.15, -0.1) is 0 Å². The van der Waals surface area contributed by atoms with Gasteiger partial charge in [0.05, 0.1) is 11.2 Å². The van der Waals surface area contributed by atoms with Gasteiger partial charge in [-0.1, -0.05) is 0 Å². The summed E-state index contributed by atoms with van der Waals surface area (Å²) in [4.78, 5) is 0. The van der Waals surface area contributed by atoms with Gasteiger partial charge in [-0.25, -0.2) is 0 Å². The molecule has 2 heterocycles. The van der Waals surface area contributed by atoms with Crippen LogP contribution in [0.3, 0.4) is 0 Å². The molecule has 0 aromatic rings. The van der Waals surface area contributed by atoms with E-state index >= 15 is 0 Å². The number of hydrogen-bond acceptors (Lipinski definition) is 4. The maximum Gasteiger partial charge on any atom is 0.0802 e. The average Bonchev–Trinajstić information content (AvgIpc) is 2.39. The molecule has 0 aromatic carbocycles. The number of thioether (sulfide) groups is 1. The van der Waals surface area contributed by atoms with Crippen molar-refractivity contribution in [2.75, 3.05) is 31.8 Å². The summed E-state index contributed by atoms with van der Waals surface area (Å²) in [7, 11) is 1.87. The van der Waals surface area contributed by atoms with Crippen LogP contribution in [0.4, 0.5) is 0 Å². The zero-order valence-electron chi connectivity index (χ0n) is 12.1. The second-order valence-corrected chi connectivity index (χ2v) is 7.68. The van der Waals surface area contributed by atoms with Crippen LogP contribution < -0.4 is 5.32 Å². The van der Waals surface area contributed by atoms with Crippen LogP contribution in [-0.4, -0.2) is 49.0 Å². The fourth-order valence-corrected chi connectivity index (χ4v) is 4.89. The molecule has 1 spiro atoms. The average molecular weight is 285 g/mol. The SMILES string of the molecule is COC1(CNC2CCOC3(CCSCC3)C2)CCC1. The molecule has 1 unspecified atom stereocenters. The Kier molecular flexibility index (Phi) is 4.42. The largest absolute Gasteiger partial charge is 0.377 e. The highest BCUT2D eigenvalue weighted by Crippen LogP contribution is 2.38. The number of ether oxygens (including phenoxy) is 2. The van der Waals surface area contributed by atoms with Gasteiger partial charge in [0.25, 0.3) is 0 Å². The zero-order valence-corrected chi connectivity index (χ0v) is 12.9. The second-order valence-electron chi connectivity index (χ2n) is 6.46. The van der Waals surface area contributed by atoms with E-state index in [-0.39, 0.29) is 11.2 Å². The van der Waals surface area contributed by atoms with Crippen LogP contribution in [0.1, 0.15) is 44.9 Å². The maximum atomic E-state index is 6.15. The smallest absolute Gasteiger partial charge is 0.0802 e. The van der Waals surface area contributed by atoms with Crippen molar-refractivity contribution in [1.82, 2.24) is 5.32 Å². The molecule has 3 nitrogen and oxygen atoms in total. The first-order chi connectivity index (χ1) is 9.26. The lowest BCUT2D eigenvalue weighted by molar-refractivity contribution is -0.103. The van der Waals surface area contributed by atoms with Crippen molar-refractivity contribution in [3.05, 3.63) is 0 Å². The normalized spacial score (nSPS) is 33.0. The topological polar surface area (TPSA) is 30.5 Å². The molecular weight excluding hydrogens is 258 g/mol. The molecule has 1 saturated carbocycles. The lowest BCUT2D eigenvalue weighted by Gasteiger charge is -2.46. The molecule has 110 valence electrons. The van der Waals surface area contributed by atoms with Crippen molar-refractivity contribution < 1.29 is 9.47 Å². The third-order valence-electron chi connectivity index (χ3n) is 5.31. The minimum Gasteiger partial charge on any atom is -0.377 e. The van der Waals surface area contributed by atoms with E-state index in [4.69, 9.17) is 9.47 Å². The molecule has 0 bridgehead atoms. The van der Waals surface area contributed by atoms with Crippen molar-refractivity contribution >= 4 is 11.8 Å². The van der Waals surface area contributed by atoms with Gasteiger partial charge < -0.3 is 14.8 Å². The highest BCUT2D eigenvalue weighted by atomic mass is 32.2. The molecular formula is C15H27NO2S. The zero-order chi connectivity index (χ0) is 13.2. The highest BCUT2D eigenvalue weighted by molar-refractivity contribution is 7.99. The van der Waals surface area contributed by atoms with Gasteiger partial charge >= 0.3 is 0 Å². The van der Waals surface area contributed by atoms with Gasteiger partial charge in [-0.05, 0) is 56.5 Å². The predicted octanol–water partition coefficient (Wildman–Crippen LogP) is 2.59. The van der Waals surface area contributed by atoms with E-state index < -0.39 is 0 Å². The molecule has 2 saturated heterocycles. The van der Waals surface area contributed by atoms with Gasteiger partial charge in [0.2, 0.25) is 0 Å². The Bertz CT molecular complexity index is 290. The first-order valence-electron chi connectivity index (χ1n) is 7.76. The van der Waals surface area contributed by atoms with Crippen LogP contribution in [-0.2, 0) is 9.47 Å². The third-order valence-corrected chi connectivity index (χ3v) is 6.29. The molecule has 0 amide bonds. The minimum absolute atomic E-state index is 0.147. The molecule has 3 rings (SSSR count). The van der Waals surface area contributed by atoms with Crippen LogP contribution in [0.15, 0.2) is 0 Å². The van der Waals surface area contributed by atoms with Gasteiger partial charge in [0, 0.05) is 26.3 Å². The molecule has 3 fully saturated rings. The first-order valence-corrected chi connectivity index (χ1v) is 8.92. The summed E-state index contributed by atoms with van der Waals surface area (Å²) >= 11 is 2.08. The Labute approximate surface area is 121 Å². The lowest BCUT2D eigenvalue weighted by atomic mass is 9.79. The number of hydrogen-bond donors (Lipinski definition) is 1. The second kappa shape index (κ2) is 5.92. The Morgan fingerprint density at radius 2 is 2.05 bits per heavy atom. The Morgan fingerprint density at radius 1 is 1.26 bits per heavy atom. The van der Waals surface area contributed by atoms with E-state index in [2.05, 4.69) is 17.1 Å². The van der Waals surface area contributed by atoms with Gasteiger partial charge in [-0.2, -0.15) is 11.8 Å². The molecule has 2 aliphatic heterocycles. The van der Waals surface area contributed by atoms with Crippen molar-refractivity contribution in [3.63, 3.8) is 0 Å². The summed E-state index contributed by atoms with van der Waals surface area (Å²) in [5.41, 5.74) is 0.342. The standard InChI is InChI=1S/C15H27NO2S/c1-17-15(4-2-5-15)12-16-13-3-8-18-14(11-13)6-9-19-10-7-14/h13,16H,2-12H2,1H3. The quantitative estimate of drug-likeness (QED) is 0.860. The van der Waals surface area contributed by atoms with Crippen LogP contribution >= 0.6 is 11.8 Å². The minimum atomic E-state index is 0.147. The third kappa shape index (κ3) is 3.12. The van der Waals surface area contributed by atoms with Crippen LogP contribution in [0.25, 0.3) is 0 Å². The number of nitrogens with one attached hydrogen (secondary N) is 1. The van der Waals surface area contributed by atoms with Crippen LogP contribution in [0, 0.1) is 0 Å². The summed E-state index contributed by atoms with van der Waals surface area (Å²) in [5.74, 6) is 2.55. The predicted molar refractivity (Wildman–Crippen MR) is 79.9 cm³/mol. The molecule has 1 aliphatic carbocycles. The molecule has 4 heteroatoms. The number of methoxy groups -OCH3 is 1. The summed E-state index contributed by atoms with van der Waals surface area (Å²) in [5, 5.41) is 3.78. The van der Waals surface area contributed by atoms with Crippen LogP contribution in [0.2, 0.25) is 0 Å². The van der Waals surface area contributed by atoms with Gasteiger partial charge in [0.1, 0.15) is 0 Å². The Hall–Kier alpha value is 0.230. The van der Waals surface area contributed by atoms with Crippen LogP contribution in [0.5, 0.6) is 0 Å². The summed E-state index contributed by atoms with van der Waals surface area (Å²) in [6.45, 7) is 1.96. The van der Waals surface area contributed by atoms with Crippen molar-refractivity contribution in [2.24, 2.45) is 0 Å².